The summed E-state index contributed by atoms with van der Waals surface area (Å²) in [6.45, 7) is 4.76. The van der Waals surface area contributed by atoms with Crippen LogP contribution >= 0.6 is 11.8 Å². The van der Waals surface area contributed by atoms with Crippen molar-refractivity contribution in [2.24, 2.45) is 11.8 Å². The second kappa shape index (κ2) is 3.63. The van der Waals surface area contributed by atoms with Gasteiger partial charge in [-0.25, -0.2) is 0 Å². The average molecular weight is 160 g/mol. The van der Waals surface area contributed by atoms with Gasteiger partial charge in [0.1, 0.15) is 0 Å². The molecule has 1 aliphatic rings. The van der Waals surface area contributed by atoms with E-state index in [0.29, 0.717) is 18.4 Å². The molecular weight excluding hydrogens is 144 g/mol. The zero-order valence-electron chi connectivity index (χ0n) is 6.71. The second-order valence-electron chi connectivity index (χ2n) is 3.29. The van der Waals surface area contributed by atoms with Crippen LogP contribution in [-0.4, -0.2) is 22.7 Å². The molecule has 1 nitrogen and oxygen atoms in total. The van der Waals surface area contributed by atoms with Crippen molar-refractivity contribution in [2.75, 3.05) is 12.4 Å². The largest absolute Gasteiger partial charge is 0.396 e. The Morgan fingerprint density at radius 3 is 2.30 bits per heavy atom. The van der Waals surface area contributed by atoms with Crippen LogP contribution in [-0.2, 0) is 0 Å². The molecule has 1 rings (SSSR count). The molecule has 1 heterocycles. The van der Waals surface area contributed by atoms with E-state index in [1.165, 1.54) is 12.2 Å². The Kier molecular flexibility index (Phi) is 3.05. The van der Waals surface area contributed by atoms with E-state index in [2.05, 4.69) is 13.8 Å². The van der Waals surface area contributed by atoms with E-state index in [1.807, 2.05) is 11.8 Å². The molecule has 0 saturated carbocycles. The van der Waals surface area contributed by atoms with E-state index in [-0.39, 0.29) is 0 Å². The molecule has 0 bridgehead atoms. The van der Waals surface area contributed by atoms with Crippen molar-refractivity contribution in [3.63, 3.8) is 0 Å². The number of aliphatic hydroxyl groups is 1. The maximum absolute atomic E-state index is 9.02. The molecule has 1 N–H and O–H groups in total. The Bertz CT molecular complexity index is 99.4. The second-order valence-corrected chi connectivity index (χ2v) is 4.64. The molecule has 2 unspecified atom stereocenters. The van der Waals surface area contributed by atoms with Gasteiger partial charge in [-0.05, 0) is 24.0 Å². The third-order valence-electron chi connectivity index (χ3n) is 2.28. The van der Waals surface area contributed by atoms with Gasteiger partial charge in [0.25, 0.3) is 0 Å². The number of hydrogen-bond donors (Lipinski definition) is 1. The summed E-state index contributed by atoms with van der Waals surface area (Å²) in [4.78, 5) is 0. The molecule has 0 aromatic rings. The molecule has 2 atom stereocenters. The first kappa shape index (κ1) is 8.41. The fraction of sp³-hybridized carbons (Fsp3) is 1.00. The molecule has 0 aliphatic carbocycles. The van der Waals surface area contributed by atoms with Gasteiger partial charge in [0.15, 0.2) is 0 Å². The standard InChI is InChI=1S/C8H16OS/c1-6(2)7(5-9)8-3-4-10-8/h6-9H,3-5H2,1-2H3. The van der Waals surface area contributed by atoms with Crippen molar-refractivity contribution in [2.45, 2.75) is 25.5 Å². The van der Waals surface area contributed by atoms with E-state index in [0.717, 1.165) is 5.25 Å². The van der Waals surface area contributed by atoms with Crippen LogP contribution in [0.4, 0.5) is 0 Å². The first-order valence-corrected chi connectivity index (χ1v) is 5.03. The minimum atomic E-state index is 0.370. The Morgan fingerprint density at radius 1 is 1.60 bits per heavy atom. The van der Waals surface area contributed by atoms with Crippen LogP contribution < -0.4 is 0 Å². The summed E-state index contributed by atoms with van der Waals surface area (Å²) in [7, 11) is 0. The molecule has 0 spiro atoms. The van der Waals surface area contributed by atoms with Crippen LogP contribution in [0.3, 0.4) is 0 Å². The van der Waals surface area contributed by atoms with Crippen molar-refractivity contribution in [1.82, 2.24) is 0 Å². The molecule has 0 aromatic carbocycles. The van der Waals surface area contributed by atoms with Crippen LogP contribution in [0.15, 0.2) is 0 Å². The highest BCUT2D eigenvalue weighted by Gasteiger charge is 2.29. The fourth-order valence-electron chi connectivity index (χ4n) is 1.35. The third-order valence-corrected chi connectivity index (χ3v) is 3.76. The molecule has 10 heavy (non-hydrogen) atoms. The summed E-state index contributed by atoms with van der Waals surface area (Å²) in [5.41, 5.74) is 0. The Labute approximate surface area is 67.2 Å². The van der Waals surface area contributed by atoms with Gasteiger partial charge in [-0.15, -0.1) is 0 Å². The maximum Gasteiger partial charge on any atom is 0.0472 e. The molecule has 0 radical (unpaired) electrons. The van der Waals surface area contributed by atoms with Crippen molar-refractivity contribution in [3.8, 4) is 0 Å². The van der Waals surface area contributed by atoms with Crippen LogP contribution in [0.1, 0.15) is 20.3 Å². The molecular formula is C8H16OS. The van der Waals surface area contributed by atoms with Gasteiger partial charge in [0, 0.05) is 11.9 Å². The van der Waals surface area contributed by atoms with Gasteiger partial charge in [0.05, 0.1) is 0 Å². The number of aliphatic hydroxyl groups excluding tert-OH is 1. The predicted octanol–water partition coefficient (Wildman–Crippen LogP) is 1.76. The maximum atomic E-state index is 9.02. The first-order valence-electron chi connectivity index (χ1n) is 3.98. The Balaban J connectivity index is 2.31. The molecule has 0 amide bonds. The molecule has 1 aliphatic heterocycles. The monoisotopic (exact) mass is 160 g/mol. The Hall–Kier alpha value is 0.310. The predicted molar refractivity (Wildman–Crippen MR) is 46.3 cm³/mol. The minimum absolute atomic E-state index is 0.370. The zero-order chi connectivity index (χ0) is 7.56. The normalized spacial score (nSPS) is 28.2. The smallest absolute Gasteiger partial charge is 0.0472 e. The first-order chi connectivity index (χ1) is 4.75. The molecule has 60 valence electrons. The highest BCUT2D eigenvalue weighted by atomic mass is 32.2. The number of thioether (sulfide) groups is 1. The third kappa shape index (κ3) is 1.67. The summed E-state index contributed by atoms with van der Waals surface area (Å²) in [5.74, 6) is 2.48. The summed E-state index contributed by atoms with van der Waals surface area (Å²) >= 11 is 2.01. The topological polar surface area (TPSA) is 20.2 Å². The van der Waals surface area contributed by atoms with E-state index in [1.54, 1.807) is 0 Å². The quantitative estimate of drug-likeness (QED) is 0.679. The number of rotatable bonds is 3. The van der Waals surface area contributed by atoms with Gasteiger partial charge < -0.3 is 5.11 Å². The van der Waals surface area contributed by atoms with Gasteiger partial charge in [0.2, 0.25) is 0 Å². The zero-order valence-corrected chi connectivity index (χ0v) is 7.53. The lowest BCUT2D eigenvalue weighted by molar-refractivity contribution is 0.182. The van der Waals surface area contributed by atoms with Crippen LogP contribution in [0.2, 0.25) is 0 Å². The summed E-state index contributed by atoms with van der Waals surface area (Å²) < 4.78 is 0. The lowest BCUT2D eigenvalue weighted by Crippen LogP contribution is -2.32. The van der Waals surface area contributed by atoms with Gasteiger partial charge >= 0.3 is 0 Å². The number of hydrogen-bond acceptors (Lipinski definition) is 2. The molecule has 1 fully saturated rings. The van der Waals surface area contributed by atoms with Gasteiger partial charge in [-0.1, -0.05) is 13.8 Å². The lowest BCUT2D eigenvalue weighted by Gasteiger charge is -2.34. The highest BCUT2D eigenvalue weighted by Crippen LogP contribution is 2.36. The van der Waals surface area contributed by atoms with E-state index < -0.39 is 0 Å². The summed E-state index contributed by atoms with van der Waals surface area (Å²) in [6, 6.07) is 0. The minimum Gasteiger partial charge on any atom is -0.396 e. The van der Waals surface area contributed by atoms with Crippen LogP contribution in [0.5, 0.6) is 0 Å². The van der Waals surface area contributed by atoms with Gasteiger partial charge in [-0.3, -0.25) is 0 Å². The molecule has 1 saturated heterocycles. The SMILES string of the molecule is CC(C)C(CO)C1CCS1. The summed E-state index contributed by atoms with van der Waals surface area (Å²) in [6.07, 6.45) is 1.31. The highest BCUT2D eigenvalue weighted by molar-refractivity contribution is 8.01. The van der Waals surface area contributed by atoms with E-state index in [4.69, 9.17) is 5.11 Å². The van der Waals surface area contributed by atoms with Crippen molar-refractivity contribution >= 4 is 11.8 Å². The fourth-order valence-corrected chi connectivity index (χ4v) is 2.50. The van der Waals surface area contributed by atoms with Crippen molar-refractivity contribution in [1.29, 1.82) is 0 Å². The Morgan fingerprint density at radius 2 is 2.20 bits per heavy atom. The van der Waals surface area contributed by atoms with Gasteiger partial charge in [-0.2, -0.15) is 11.8 Å². The lowest BCUT2D eigenvalue weighted by atomic mass is 9.91. The molecule has 2 heteroatoms. The van der Waals surface area contributed by atoms with Crippen LogP contribution in [0.25, 0.3) is 0 Å². The van der Waals surface area contributed by atoms with Crippen LogP contribution in [0, 0.1) is 11.8 Å². The molecule has 0 aromatic heterocycles. The van der Waals surface area contributed by atoms with Crippen molar-refractivity contribution < 1.29 is 5.11 Å². The average Bonchev–Trinajstić information content (AvgIpc) is 1.76. The summed E-state index contributed by atoms with van der Waals surface area (Å²) in [5, 5.41) is 9.77. The van der Waals surface area contributed by atoms with E-state index >= 15 is 0 Å². The van der Waals surface area contributed by atoms with Crippen molar-refractivity contribution in [3.05, 3.63) is 0 Å². The van der Waals surface area contributed by atoms with E-state index in [9.17, 15) is 0 Å².